The van der Waals surface area contributed by atoms with Gasteiger partial charge in [-0.25, -0.2) is 0 Å². The number of thiophene rings is 2. The van der Waals surface area contributed by atoms with E-state index in [0.29, 0.717) is 13.1 Å². The van der Waals surface area contributed by atoms with Crippen LogP contribution in [0.5, 0.6) is 0 Å². The molecule has 1 aliphatic rings. The Hall–Kier alpha value is -1.43. The molecule has 0 saturated carbocycles. The molecule has 0 aliphatic carbocycles. The maximum absolute atomic E-state index is 12.5. The smallest absolute Gasteiger partial charge is 0.247 e. The molecule has 2 aromatic heterocycles. The lowest BCUT2D eigenvalue weighted by Crippen LogP contribution is -2.35. The largest absolute Gasteiger partial charge is 0.376 e. The Kier molecular flexibility index (Phi) is 5.43. The van der Waals surface area contributed by atoms with Gasteiger partial charge < -0.3 is 9.64 Å². The highest BCUT2D eigenvalue weighted by atomic mass is 32.1. The van der Waals surface area contributed by atoms with E-state index in [1.54, 1.807) is 28.7 Å². The van der Waals surface area contributed by atoms with Crippen LogP contribution in [0, 0.1) is 0 Å². The molecule has 1 fully saturated rings. The van der Waals surface area contributed by atoms with Crippen LogP contribution in [0.4, 0.5) is 0 Å². The number of hydrogen-bond acceptors (Lipinski definition) is 4. The summed E-state index contributed by atoms with van der Waals surface area (Å²) in [5.74, 6) is 0.0531. The highest BCUT2D eigenvalue weighted by molar-refractivity contribution is 7.10. The van der Waals surface area contributed by atoms with E-state index in [-0.39, 0.29) is 12.0 Å². The highest BCUT2D eigenvalue weighted by Gasteiger charge is 2.21. The first kappa shape index (κ1) is 15.5. The molecule has 3 rings (SSSR count). The molecular formula is C17H19NO2S2. The van der Waals surface area contributed by atoms with Crippen LogP contribution < -0.4 is 0 Å². The van der Waals surface area contributed by atoms with Gasteiger partial charge >= 0.3 is 0 Å². The summed E-state index contributed by atoms with van der Waals surface area (Å²) in [6.45, 7) is 2.15. The van der Waals surface area contributed by atoms with Gasteiger partial charge in [-0.1, -0.05) is 12.1 Å². The molecule has 3 heterocycles. The molecule has 116 valence electrons. The van der Waals surface area contributed by atoms with E-state index < -0.39 is 0 Å². The summed E-state index contributed by atoms with van der Waals surface area (Å²) in [7, 11) is 0. The molecule has 0 spiro atoms. The van der Waals surface area contributed by atoms with Crippen molar-refractivity contribution in [3.05, 3.63) is 50.9 Å². The first-order valence-electron chi connectivity index (χ1n) is 7.46. The molecule has 1 aliphatic heterocycles. The standard InChI is InChI=1S/C17H19NO2S2/c19-17(8-7-15-5-2-10-21-15)18(12-14-4-1-9-20-14)13-16-6-3-11-22-16/h2-3,5-8,10-11,14H,1,4,9,12-13H2/b8-7+. The van der Waals surface area contributed by atoms with Crippen LogP contribution in [0.3, 0.4) is 0 Å². The third-order valence-electron chi connectivity index (χ3n) is 3.62. The second kappa shape index (κ2) is 7.72. The van der Waals surface area contributed by atoms with Crippen molar-refractivity contribution < 1.29 is 9.53 Å². The topological polar surface area (TPSA) is 29.5 Å². The van der Waals surface area contributed by atoms with Gasteiger partial charge in [0.1, 0.15) is 0 Å². The average Bonchev–Trinajstić information content (AvgIpc) is 3.27. The second-order valence-corrected chi connectivity index (χ2v) is 7.29. The summed E-state index contributed by atoms with van der Waals surface area (Å²) < 4.78 is 5.69. The average molecular weight is 333 g/mol. The van der Waals surface area contributed by atoms with Crippen molar-refractivity contribution in [3.8, 4) is 0 Å². The fraction of sp³-hybridized carbons (Fsp3) is 0.353. The van der Waals surface area contributed by atoms with Gasteiger partial charge in [0.2, 0.25) is 5.91 Å². The molecule has 0 radical (unpaired) electrons. The Morgan fingerprint density at radius 2 is 2.18 bits per heavy atom. The van der Waals surface area contributed by atoms with Crippen molar-refractivity contribution in [2.45, 2.75) is 25.5 Å². The fourth-order valence-corrected chi connectivity index (χ4v) is 3.84. The number of hydrogen-bond donors (Lipinski definition) is 0. The Bertz CT molecular complexity index is 599. The van der Waals surface area contributed by atoms with Gasteiger partial charge in [0.25, 0.3) is 0 Å². The van der Waals surface area contributed by atoms with Gasteiger partial charge in [0.15, 0.2) is 0 Å². The van der Waals surface area contributed by atoms with Crippen molar-refractivity contribution in [3.63, 3.8) is 0 Å². The lowest BCUT2D eigenvalue weighted by Gasteiger charge is -2.23. The van der Waals surface area contributed by atoms with E-state index in [1.807, 2.05) is 39.9 Å². The Morgan fingerprint density at radius 3 is 2.86 bits per heavy atom. The van der Waals surface area contributed by atoms with Crippen LogP contribution in [0.2, 0.25) is 0 Å². The van der Waals surface area contributed by atoms with Gasteiger partial charge in [-0.05, 0) is 41.8 Å². The Morgan fingerprint density at radius 1 is 1.32 bits per heavy atom. The van der Waals surface area contributed by atoms with Crippen molar-refractivity contribution in [2.75, 3.05) is 13.2 Å². The predicted octanol–water partition coefficient (Wildman–Crippen LogP) is 4.03. The number of ether oxygens (including phenoxy) is 1. The van der Waals surface area contributed by atoms with Gasteiger partial charge in [0, 0.05) is 29.0 Å². The molecule has 1 saturated heterocycles. The van der Waals surface area contributed by atoms with Crippen molar-refractivity contribution in [1.82, 2.24) is 4.90 Å². The Balaban J connectivity index is 1.67. The van der Waals surface area contributed by atoms with Crippen molar-refractivity contribution >= 4 is 34.7 Å². The molecule has 1 unspecified atom stereocenters. The number of carbonyl (C=O) groups is 1. The van der Waals surface area contributed by atoms with Crippen LogP contribution in [0.15, 0.2) is 41.1 Å². The quantitative estimate of drug-likeness (QED) is 0.747. The SMILES string of the molecule is O=C(/C=C/c1cccs1)N(Cc1cccs1)CC1CCCO1. The Labute approximate surface area is 138 Å². The van der Waals surface area contributed by atoms with Gasteiger partial charge in [-0.3, -0.25) is 4.79 Å². The van der Waals surface area contributed by atoms with Crippen molar-refractivity contribution in [1.29, 1.82) is 0 Å². The minimum atomic E-state index is 0.0531. The predicted molar refractivity (Wildman–Crippen MR) is 92.1 cm³/mol. The van der Waals surface area contributed by atoms with Crippen LogP contribution in [0.25, 0.3) is 6.08 Å². The zero-order valence-electron chi connectivity index (χ0n) is 12.3. The summed E-state index contributed by atoms with van der Waals surface area (Å²) in [5.41, 5.74) is 0. The minimum Gasteiger partial charge on any atom is -0.376 e. The highest BCUT2D eigenvalue weighted by Crippen LogP contribution is 2.18. The van der Waals surface area contributed by atoms with Crippen molar-refractivity contribution in [2.24, 2.45) is 0 Å². The molecule has 1 amide bonds. The summed E-state index contributed by atoms with van der Waals surface area (Å²) in [4.78, 5) is 16.7. The number of nitrogens with zero attached hydrogens (tertiary/aromatic N) is 1. The summed E-state index contributed by atoms with van der Waals surface area (Å²) >= 11 is 3.32. The third-order valence-corrected chi connectivity index (χ3v) is 5.32. The lowest BCUT2D eigenvalue weighted by atomic mass is 10.2. The number of rotatable bonds is 6. The molecule has 5 heteroatoms. The molecule has 1 atom stereocenters. The third kappa shape index (κ3) is 4.29. The van der Waals surface area contributed by atoms with Crippen LogP contribution in [-0.2, 0) is 16.1 Å². The minimum absolute atomic E-state index is 0.0531. The zero-order valence-corrected chi connectivity index (χ0v) is 13.9. The molecular weight excluding hydrogens is 314 g/mol. The molecule has 0 aromatic carbocycles. The molecule has 0 bridgehead atoms. The molecule has 22 heavy (non-hydrogen) atoms. The fourth-order valence-electron chi connectivity index (χ4n) is 2.50. The van der Waals surface area contributed by atoms with E-state index in [4.69, 9.17) is 4.74 Å². The van der Waals surface area contributed by atoms with E-state index in [2.05, 4.69) is 6.07 Å². The first-order valence-corrected chi connectivity index (χ1v) is 9.21. The lowest BCUT2D eigenvalue weighted by molar-refractivity contribution is -0.128. The normalized spacial score (nSPS) is 18.1. The molecule has 2 aromatic rings. The summed E-state index contributed by atoms with van der Waals surface area (Å²) in [6.07, 6.45) is 5.89. The van der Waals surface area contributed by atoms with Gasteiger partial charge in [-0.2, -0.15) is 0 Å². The van der Waals surface area contributed by atoms with E-state index in [9.17, 15) is 4.79 Å². The van der Waals surface area contributed by atoms with Gasteiger partial charge in [-0.15, -0.1) is 22.7 Å². The van der Waals surface area contributed by atoms with Crippen LogP contribution >= 0.6 is 22.7 Å². The number of carbonyl (C=O) groups excluding carboxylic acids is 1. The van der Waals surface area contributed by atoms with Crippen LogP contribution in [0.1, 0.15) is 22.6 Å². The van der Waals surface area contributed by atoms with Crippen LogP contribution in [-0.4, -0.2) is 30.1 Å². The van der Waals surface area contributed by atoms with E-state index in [1.165, 1.54) is 4.88 Å². The maximum Gasteiger partial charge on any atom is 0.247 e. The maximum atomic E-state index is 12.5. The van der Waals surface area contributed by atoms with Gasteiger partial charge in [0.05, 0.1) is 12.6 Å². The van der Waals surface area contributed by atoms with E-state index in [0.717, 1.165) is 24.3 Å². The molecule has 3 nitrogen and oxygen atoms in total. The second-order valence-electron chi connectivity index (χ2n) is 5.28. The zero-order chi connectivity index (χ0) is 15.2. The summed E-state index contributed by atoms with van der Waals surface area (Å²) in [5, 5.41) is 4.06. The summed E-state index contributed by atoms with van der Waals surface area (Å²) in [6, 6.07) is 8.10. The van der Waals surface area contributed by atoms with E-state index >= 15 is 0 Å². The monoisotopic (exact) mass is 333 g/mol. The first-order chi connectivity index (χ1) is 10.8. The molecule has 0 N–H and O–H groups in total. The number of amides is 1.